The number of carboxylic acid groups (broad SMARTS) is 1. The van der Waals surface area contributed by atoms with Crippen LogP contribution in [-0.4, -0.2) is 23.1 Å². The Morgan fingerprint density at radius 2 is 2.15 bits per heavy atom. The SMILES string of the molecule is O=C(NCc1cccc(C(=O)O)c1)NC1CC=CCC1. The van der Waals surface area contributed by atoms with Gasteiger partial charge in [0.05, 0.1) is 5.56 Å². The molecule has 1 atom stereocenters. The van der Waals surface area contributed by atoms with Crippen LogP contribution in [0.4, 0.5) is 4.79 Å². The zero-order chi connectivity index (χ0) is 14.4. The van der Waals surface area contributed by atoms with Crippen molar-refractivity contribution in [1.82, 2.24) is 10.6 Å². The zero-order valence-electron chi connectivity index (χ0n) is 11.1. The van der Waals surface area contributed by atoms with Crippen LogP contribution in [0.15, 0.2) is 36.4 Å². The summed E-state index contributed by atoms with van der Waals surface area (Å²) in [6.45, 7) is 0.315. The predicted molar refractivity (Wildman–Crippen MR) is 75.6 cm³/mol. The second-order valence-corrected chi connectivity index (χ2v) is 4.81. The first-order valence-corrected chi connectivity index (χ1v) is 6.67. The summed E-state index contributed by atoms with van der Waals surface area (Å²) in [5, 5.41) is 14.6. The Morgan fingerprint density at radius 3 is 2.85 bits per heavy atom. The minimum atomic E-state index is -0.967. The molecule has 1 aliphatic rings. The number of aromatic carboxylic acids is 1. The van der Waals surface area contributed by atoms with Crippen molar-refractivity contribution in [2.24, 2.45) is 0 Å². The van der Waals surface area contributed by atoms with Gasteiger partial charge >= 0.3 is 12.0 Å². The Bertz CT molecular complexity index is 526. The highest BCUT2D eigenvalue weighted by atomic mass is 16.4. The van der Waals surface area contributed by atoms with Crippen molar-refractivity contribution in [3.63, 3.8) is 0 Å². The highest BCUT2D eigenvalue weighted by Gasteiger charge is 2.12. The van der Waals surface area contributed by atoms with Gasteiger partial charge in [-0.25, -0.2) is 9.59 Å². The molecule has 0 aliphatic heterocycles. The lowest BCUT2D eigenvalue weighted by Crippen LogP contribution is -2.42. The fraction of sp³-hybridized carbons (Fsp3) is 0.333. The summed E-state index contributed by atoms with van der Waals surface area (Å²) in [6.07, 6.45) is 7.00. The van der Waals surface area contributed by atoms with Crippen LogP contribution >= 0.6 is 0 Å². The lowest BCUT2D eigenvalue weighted by atomic mass is 10.0. The molecule has 3 N–H and O–H groups in total. The van der Waals surface area contributed by atoms with Crippen molar-refractivity contribution in [3.8, 4) is 0 Å². The van der Waals surface area contributed by atoms with Gasteiger partial charge in [0.2, 0.25) is 0 Å². The van der Waals surface area contributed by atoms with E-state index in [1.165, 1.54) is 6.07 Å². The van der Waals surface area contributed by atoms with Crippen LogP contribution in [0.5, 0.6) is 0 Å². The van der Waals surface area contributed by atoms with Gasteiger partial charge in [-0.1, -0.05) is 24.3 Å². The van der Waals surface area contributed by atoms with E-state index < -0.39 is 5.97 Å². The van der Waals surface area contributed by atoms with Crippen LogP contribution in [0.25, 0.3) is 0 Å². The number of amides is 2. The van der Waals surface area contributed by atoms with E-state index in [0.29, 0.717) is 6.54 Å². The molecule has 0 saturated carbocycles. The average molecular weight is 274 g/mol. The smallest absolute Gasteiger partial charge is 0.335 e. The molecule has 0 radical (unpaired) electrons. The number of hydrogen-bond acceptors (Lipinski definition) is 2. The maximum atomic E-state index is 11.7. The van der Waals surface area contributed by atoms with Crippen molar-refractivity contribution in [3.05, 3.63) is 47.5 Å². The van der Waals surface area contributed by atoms with E-state index in [1.807, 2.05) is 0 Å². The molecular weight excluding hydrogens is 256 g/mol. The fourth-order valence-corrected chi connectivity index (χ4v) is 2.16. The lowest BCUT2D eigenvalue weighted by Gasteiger charge is -2.19. The molecule has 0 heterocycles. The van der Waals surface area contributed by atoms with E-state index in [1.54, 1.807) is 18.2 Å². The second kappa shape index (κ2) is 6.75. The Morgan fingerprint density at radius 1 is 1.30 bits per heavy atom. The summed E-state index contributed by atoms with van der Waals surface area (Å²) < 4.78 is 0. The number of benzene rings is 1. The summed E-state index contributed by atoms with van der Waals surface area (Å²) >= 11 is 0. The van der Waals surface area contributed by atoms with E-state index in [9.17, 15) is 9.59 Å². The van der Waals surface area contributed by atoms with Crippen LogP contribution in [0.3, 0.4) is 0 Å². The molecule has 1 aliphatic carbocycles. The minimum Gasteiger partial charge on any atom is -0.478 e. The normalized spacial score (nSPS) is 17.5. The van der Waals surface area contributed by atoms with Gasteiger partial charge in [0.25, 0.3) is 0 Å². The second-order valence-electron chi connectivity index (χ2n) is 4.81. The topological polar surface area (TPSA) is 78.4 Å². The summed E-state index contributed by atoms with van der Waals surface area (Å²) in [4.78, 5) is 22.6. The summed E-state index contributed by atoms with van der Waals surface area (Å²) in [5.41, 5.74) is 0.991. The van der Waals surface area contributed by atoms with Crippen molar-refractivity contribution in [2.45, 2.75) is 31.8 Å². The van der Waals surface area contributed by atoms with Gasteiger partial charge in [-0.2, -0.15) is 0 Å². The first-order valence-electron chi connectivity index (χ1n) is 6.67. The van der Waals surface area contributed by atoms with Crippen LogP contribution < -0.4 is 10.6 Å². The van der Waals surface area contributed by atoms with E-state index in [0.717, 1.165) is 24.8 Å². The molecule has 1 aromatic carbocycles. The molecule has 2 rings (SSSR count). The summed E-state index contributed by atoms with van der Waals surface area (Å²) in [7, 11) is 0. The zero-order valence-corrected chi connectivity index (χ0v) is 11.1. The number of carbonyl (C=O) groups excluding carboxylic acids is 1. The van der Waals surface area contributed by atoms with Crippen LogP contribution in [-0.2, 0) is 6.54 Å². The summed E-state index contributed by atoms with van der Waals surface area (Å²) in [6, 6.07) is 6.52. The quantitative estimate of drug-likeness (QED) is 0.737. The molecular formula is C15H18N2O3. The van der Waals surface area contributed by atoms with Crippen molar-refractivity contribution in [2.75, 3.05) is 0 Å². The van der Waals surface area contributed by atoms with Crippen LogP contribution in [0.1, 0.15) is 35.2 Å². The molecule has 2 amide bonds. The van der Waals surface area contributed by atoms with Crippen LogP contribution in [0, 0.1) is 0 Å². The first-order chi connectivity index (χ1) is 9.65. The Balaban J connectivity index is 1.82. The number of nitrogens with one attached hydrogen (secondary N) is 2. The number of rotatable bonds is 4. The maximum Gasteiger partial charge on any atom is 0.335 e. The average Bonchev–Trinajstić information content (AvgIpc) is 2.46. The molecule has 0 aromatic heterocycles. The highest BCUT2D eigenvalue weighted by molar-refractivity contribution is 5.87. The van der Waals surface area contributed by atoms with E-state index in [2.05, 4.69) is 22.8 Å². The van der Waals surface area contributed by atoms with Crippen molar-refractivity contribution < 1.29 is 14.7 Å². The molecule has 0 fully saturated rings. The molecule has 0 bridgehead atoms. The number of carboxylic acids is 1. The van der Waals surface area contributed by atoms with E-state index in [4.69, 9.17) is 5.11 Å². The van der Waals surface area contributed by atoms with Gasteiger partial charge in [0.15, 0.2) is 0 Å². The van der Waals surface area contributed by atoms with E-state index in [-0.39, 0.29) is 17.6 Å². The standard InChI is InChI=1S/C15H18N2O3/c18-14(19)12-6-4-5-11(9-12)10-16-15(20)17-13-7-2-1-3-8-13/h1-2,4-6,9,13H,3,7-8,10H2,(H,18,19)(H2,16,17,20). The monoisotopic (exact) mass is 274 g/mol. The number of allylic oxidation sites excluding steroid dienone is 1. The Labute approximate surface area is 117 Å². The van der Waals surface area contributed by atoms with Gasteiger partial charge in [-0.05, 0) is 37.0 Å². The minimum absolute atomic E-state index is 0.186. The predicted octanol–water partition coefficient (Wildman–Crippen LogP) is 2.29. The summed E-state index contributed by atoms with van der Waals surface area (Å²) in [5.74, 6) is -0.967. The Hall–Kier alpha value is -2.30. The van der Waals surface area contributed by atoms with Crippen molar-refractivity contribution >= 4 is 12.0 Å². The molecule has 20 heavy (non-hydrogen) atoms. The third-order valence-electron chi connectivity index (χ3n) is 3.23. The third kappa shape index (κ3) is 4.12. The first kappa shape index (κ1) is 14.1. The number of urea groups is 1. The van der Waals surface area contributed by atoms with Gasteiger partial charge in [-0.3, -0.25) is 0 Å². The Kier molecular flexibility index (Phi) is 4.76. The van der Waals surface area contributed by atoms with E-state index >= 15 is 0 Å². The molecule has 1 unspecified atom stereocenters. The van der Waals surface area contributed by atoms with Gasteiger partial charge in [0.1, 0.15) is 0 Å². The number of hydrogen-bond donors (Lipinski definition) is 3. The third-order valence-corrected chi connectivity index (χ3v) is 3.23. The lowest BCUT2D eigenvalue weighted by molar-refractivity contribution is 0.0696. The van der Waals surface area contributed by atoms with Gasteiger partial charge in [0, 0.05) is 12.6 Å². The van der Waals surface area contributed by atoms with Gasteiger partial charge in [-0.15, -0.1) is 0 Å². The van der Waals surface area contributed by atoms with Crippen molar-refractivity contribution in [1.29, 1.82) is 0 Å². The highest BCUT2D eigenvalue weighted by Crippen LogP contribution is 2.10. The molecule has 0 saturated heterocycles. The molecule has 106 valence electrons. The van der Waals surface area contributed by atoms with Crippen LogP contribution in [0.2, 0.25) is 0 Å². The number of carbonyl (C=O) groups is 2. The fourth-order valence-electron chi connectivity index (χ4n) is 2.16. The van der Waals surface area contributed by atoms with Gasteiger partial charge < -0.3 is 15.7 Å². The largest absolute Gasteiger partial charge is 0.478 e. The maximum absolute atomic E-state index is 11.7. The molecule has 1 aromatic rings. The molecule has 5 nitrogen and oxygen atoms in total. The molecule has 5 heteroatoms. The molecule has 0 spiro atoms.